The number of thiol groups is 2. The first-order valence-corrected chi connectivity index (χ1v) is 7.01. The van der Waals surface area contributed by atoms with Gasteiger partial charge in [0.25, 0.3) is 0 Å². The molecular formula is C2H8O2S3. The zero-order valence-corrected chi connectivity index (χ0v) is 6.72. The summed E-state index contributed by atoms with van der Waals surface area (Å²) in [4.78, 5) is 0. The SMILES string of the molecule is C[SH](S)S(C)(=O)=O. The summed E-state index contributed by atoms with van der Waals surface area (Å²) in [5.74, 6) is 0. The predicted octanol–water partition coefficient (Wildman–Crippen LogP) is 0.422. The third kappa shape index (κ3) is 3.25. The van der Waals surface area contributed by atoms with Crippen LogP contribution < -0.4 is 0 Å². The molecule has 0 aromatic carbocycles. The molecule has 0 amide bonds. The van der Waals surface area contributed by atoms with Crippen LogP contribution in [0.5, 0.6) is 0 Å². The van der Waals surface area contributed by atoms with Gasteiger partial charge in [-0.3, -0.25) is 0 Å². The van der Waals surface area contributed by atoms with Crippen molar-refractivity contribution in [2.24, 2.45) is 0 Å². The molecule has 0 fully saturated rings. The summed E-state index contributed by atoms with van der Waals surface area (Å²) in [7, 11) is -3.89. The normalized spacial score (nSPS) is 19.0. The molecule has 0 aliphatic carbocycles. The Labute approximate surface area is 50.8 Å². The van der Waals surface area contributed by atoms with Crippen molar-refractivity contribution in [3.8, 4) is 0 Å². The molecule has 0 heterocycles. The number of hydrogen-bond acceptors (Lipinski definition) is 3. The average molecular weight is 160 g/mol. The lowest BCUT2D eigenvalue weighted by Crippen LogP contribution is -1.89. The van der Waals surface area contributed by atoms with Gasteiger partial charge in [0.1, 0.15) is 0 Å². The summed E-state index contributed by atoms with van der Waals surface area (Å²) in [6.07, 6.45) is 2.78. The van der Waals surface area contributed by atoms with E-state index in [1.165, 1.54) is 6.26 Å². The minimum atomic E-state index is -2.81. The molecule has 7 heavy (non-hydrogen) atoms. The van der Waals surface area contributed by atoms with Gasteiger partial charge in [0.15, 0.2) is 8.87 Å². The molecule has 0 aromatic rings. The minimum Gasteiger partial charge on any atom is -0.219 e. The summed E-state index contributed by atoms with van der Waals surface area (Å²) in [5, 5.41) is 0. The van der Waals surface area contributed by atoms with Gasteiger partial charge in [0.05, 0.1) is 0 Å². The maximum absolute atomic E-state index is 10.3. The van der Waals surface area contributed by atoms with Crippen molar-refractivity contribution < 1.29 is 8.42 Å². The van der Waals surface area contributed by atoms with E-state index in [0.717, 1.165) is 0 Å². The van der Waals surface area contributed by atoms with Gasteiger partial charge in [-0.15, -0.1) is 20.6 Å². The molecule has 0 saturated carbocycles. The van der Waals surface area contributed by atoms with Crippen LogP contribution >= 0.6 is 20.6 Å². The second kappa shape index (κ2) is 2.28. The highest BCUT2D eigenvalue weighted by Gasteiger charge is 2.01. The third-order valence-corrected chi connectivity index (χ3v) is 6.99. The van der Waals surface area contributed by atoms with Crippen LogP contribution in [0.2, 0.25) is 0 Å². The number of rotatable bonds is 1. The Morgan fingerprint density at radius 1 is 1.57 bits per heavy atom. The van der Waals surface area contributed by atoms with Crippen LogP contribution in [-0.4, -0.2) is 20.9 Å². The predicted molar refractivity (Wildman–Crippen MR) is 38.7 cm³/mol. The lowest BCUT2D eigenvalue weighted by atomic mass is 12.0. The van der Waals surface area contributed by atoms with Crippen LogP contribution in [0.25, 0.3) is 0 Å². The minimum absolute atomic E-state index is 1.07. The van der Waals surface area contributed by atoms with E-state index in [2.05, 4.69) is 11.7 Å². The zero-order valence-electron chi connectivity index (χ0n) is 4.12. The van der Waals surface area contributed by atoms with E-state index in [0.29, 0.717) is 0 Å². The van der Waals surface area contributed by atoms with Gasteiger partial charge >= 0.3 is 0 Å². The van der Waals surface area contributed by atoms with E-state index < -0.39 is 17.8 Å². The lowest BCUT2D eigenvalue weighted by Gasteiger charge is -2.01. The van der Waals surface area contributed by atoms with Gasteiger partial charge in [-0.25, -0.2) is 8.42 Å². The Morgan fingerprint density at radius 2 is 1.71 bits per heavy atom. The summed E-state index contributed by atoms with van der Waals surface area (Å²) < 4.78 is 20.6. The smallest absolute Gasteiger partial charge is 0.187 e. The second-order valence-electron chi connectivity index (χ2n) is 1.20. The van der Waals surface area contributed by atoms with Crippen LogP contribution in [0.1, 0.15) is 0 Å². The molecule has 0 rings (SSSR count). The first-order chi connectivity index (χ1) is 2.94. The van der Waals surface area contributed by atoms with E-state index in [4.69, 9.17) is 0 Å². The van der Waals surface area contributed by atoms with Crippen molar-refractivity contribution in [2.45, 2.75) is 0 Å². The van der Waals surface area contributed by atoms with Crippen molar-refractivity contribution in [3.63, 3.8) is 0 Å². The van der Waals surface area contributed by atoms with Crippen molar-refractivity contribution >= 4 is 29.5 Å². The molecule has 1 atom stereocenters. The van der Waals surface area contributed by atoms with Gasteiger partial charge in [-0.2, -0.15) is 0 Å². The fourth-order valence-corrected chi connectivity index (χ4v) is 0. The Morgan fingerprint density at radius 3 is 1.71 bits per heavy atom. The van der Waals surface area contributed by atoms with Crippen LogP contribution in [0.15, 0.2) is 0 Å². The van der Waals surface area contributed by atoms with Gasteiger partial charge in [0.2, 0.25) is 0 Å². The second-order valence-corrected chi connectivity index (χ2v) is 9.84. The molecule has 0 aliphatic rings. The standard InChI is InChI=1S/C2H8O2S3/c1-6(5)7(2,3)4/h5-6H,1-2H3. The highest BCUT2D eigenvalue weighted by molar-refractivity contribution is 9.10. The summed E-state index contributed by atoms with van der Waals surface area (Å²) in [6, 6.07) is 0. The average Bonchev–Trinajstić information content (AvgIpc) is 1.31. The highest BCUT2D eigenvalue weighted by Crippen LogP contribution is 2.31. The molecule has 0 saturated heterocycles. The van der Waals surface area contributed by atoms with E-state index in [1.807, 2.05) is 0 Å². The molecule has 0 radical (unpaired) electrons. The first kappa shape index (κ1) is 7.65. The van der Waals surface area contributed by atoms with E-state index in [-0.39, 0.29) is 0 Å². The highest BCUT2D eigenvalue weighted by atomic mass is 33.5. The van der Waals surface area contributed by atoms with E-state index >= 15 is 0 Å². The zero-order chi connectivity index (χ0) is 6.08. The van der Waals surface area contributed by atoms with Gasteiger partial charge in [-0.05, 0) is 6.26 Å². The maximum Gasteiger partial charge on any atom is 0.187 e. The fraction of sp³-hybridized carbons (Fsp3) is 1.00. The van der Waals surface area contributed by atoms with Crippen molar-refractivity contribution in [2.75, 3.05) is 12.5 Å². The largest absolute Gasteiger partial charge is 0.219 e. The Hall–Kier alpha value is 0.650. The molecule has 46 valence electrons. The fourth-order valence-electron chi connectivity index (χ4n) is 0. The topological polar surface area (TPSA) is 34.1 Å². The summed E-state index contributed by atoms with van der Waals surface area (Å²) in [6.45, 7) is 0. The van der Waals surface area contributed by atoms with Gasteiger partial charge < -0.3 is 0 Å². The van der Waals surface area contributed by atoms with Gasteiger partial charge in [0, 0.05) is 6.26 Å². The molecular weight excluding hydrogens is 152 g/mol. The van der Waals surface area contributed by atoms with Crippen molar-refractivity contribution in [1.29, 1.82) is 0 Å². The molecule has 0 N–H and O–H groups in total. The Bertz CT molecular complexity index is 133. The maximum atomic E-state index is 10.3. The molecule has 0 aliphatic heterocycles. The first-order valence-electron chi connectivity index (χ1n) is 1.57. The molecule has 0 spiro atoms. The third-order valence-electron chi connectivity index (χ3n) is 0.480. The van der Waals surface area contributed by atoms with Crippen molar-refractivity contribution in [3.05, 3.63) is 0 Å². The molecule has 0 aromatic heterocycles. The summed E-state index contributed by atoms with van der Waals surface area (Å²) in [5.41, 5.74) is 0. The number of hydrogen-bond donors (Lipinski definition) is 2. The van der Waals surface area contributed by atoms with Crippen LogP contribution in [0.4, 0.5) is 0 Å². The molecule has 2 nitrogen and oxygen atoms in total. The molecule has 0 bridgehead atoms. The Kier molecular flexibility index (Phi) is 2.49. The van der Waals surface area contributed by atoms with E-state index in [9.17, 15) is 8.42 Å². The quantitative estimate of drug-likeness (QED) is 0.431. The summed E-state index contributed by atoms with van der Waals surface area (Å²) >= 11 is 3.76. The Balaban J connectivity index is 4.10. The van der Waals surface area contributed by atoms with Gasteiger partial charge in [-0.1, -0.05) is 0 Å². The van der Waals surface area contributed by atoms with Crippen LogP contribution in [-0.2, 0) is 8.87 Å². The molecule has 1 unspecified atom stereocenters. The lowest BCUT2D eigenvalue weighted by molar-refractivity contribution is 0.615. The van der Waals surface area contributed by atoms with Crippen LogP contribution in [0.3, 0.4) is 0 Å². The van der Waals surface area contributed by atoms with Crippen molar-refractivity contribution in [1.82, 2.24) is 0 Å². The molecule has 5 heteroatoms. The van der Waals surface area contributed by atoms with Crippen LogP contribution in [0, 0.1) is 0 Å². The monoisotopic (exact) mass is 160 g/mol. The van der Waals surface area contributed by atoms with E-state index in [1.54, 1.807) is 6.26 Å².